The van der Waals surface area contributed by atoms with Crippen molar-refractivity contribution in [1.82, 2.24) is 19.9 Å². The van der Waals surface area contributed by atoms with Crippen LogP contribution in [-0.2, 0) is 4.79 Å². The van der Waals surface area contributed by atoms with Crippen LogP contribution in [0.5, 0.6) is 0 Å². The monoisotopic (exact) mass is 710 g/mol. The highest BCUT2D eigenvalue weighted by atomic mass is 19.4. The minimum atomic E-state index is -5.15. The Kier molecular flexibility index (Phi) is 8.00. The number of aromatic amines is 2. The summed E-state index contributed by atoms with van der Waals surface area (Å²) in [4.78, 5) is 30.7. The summed E-state index contributed by atoms with van der Waals surface area (Å²) >= 11 is 0. The summed E-state index contributed by atoms with van der Waals surface area (Å²) in [5.74, 6) is -1.97. The maximum Gasteiger partial charge on any atom is 0.454 e. The molecule has 0 spiro atoms. The van der Waals surface area contributed by atoms with Crippen LogP contribution in [0, 0.1) is 0 Å². The van der Waals surface area contributed by atoms with E-state index in [1.807, 2.05) is 133 Å². The van der Waals surface area contributed by atoms with Crippen LogP contribution < -0.4 is 0 Å². The average molecular weight is 711 g/mol. The molecule has 5 heterocycles. The Hall–Kier alpha value is -7.06. The van der Waals surface area contributed by atoms with Gasteiger partial charge in [-0.25, -0.2) is 9.97 Å². The summed E-state index contributed by atoms with van der Waals surface area (Å²) in [5.41, 5.74) is 9.25. The van der Waals surface area contributed by atoms with Crippen LogP contribution in [-0.4, -0.2) is 31.9 Å². The van der Waals surface area contributed by atoms with Gasteiger partial charge in [-0.1, -0.05) is 121 Å². The number of carbonyl (C=O) groups is 1. The number of halogens is 3. The maximum absolute atomic E-state index is 14.5. The van der Waals surface area contributed by atoms with Crippen LogP contribution >= 0.6 is 0 Å². The SMILES string of the molecule is O=C(C1=Cc2nc1c(-c1ccccc1)c1ccc([nH]1)c(-c1ccccc1)c1nc(c(-c3ccccc3)c3ccc([nH]3)c2-c2ccccc2)C=C1)C(F)(F)F. The lowest BCUT2D eigenvalue weighted by atomic mass is 9.97. The molecular formula is C46H29F3N4O. The van der Waals surface area contributed by atoms with Gasteiger partial charge in [-0.3, -0.25) is 4.79 Å². The molecule has 0 unspecified atom stereocenters. The fourth-order valence-corrected chi connectivity index (χ4v) is 7.24. The van der Waals surface area contributed by atoms with E-state index < -0.39 is 17.5 Å². The van der Waals surface area contributed by atoms with Crippen LogP contribution in [0.15, 0.2) is 146 Å². The van der Waals surface area contributed by atoms with Crippen molar-refractivity contribution in [3.63, 3.8) is 0 Å². The summed E-state index contributed by atoms with van der Waals surface area (Å²) in [6.07, 6.45) is 0.112. The summed E-state index contributed by atoms with van der Waals surface area (Å²) < 4.78 is 43.5. The summed E-state index contributed by atoms with van der Waals surface area (Å²) in [7, 11) is 0. The Morgan fingerprint density at radius 2 is 0.796 bits per heavy atom. The van der Waals surface area contributed by atoms with Gasteiger partial charge >= 0.3 is 6.18 Å². The number of benzene rings is 4. The van der Waals surface area contributed by atoms with E-state index in [4.69, 9.17) is 9.97 Å². The minimum Gasteiger partial charge on any atom is -0.354 e. The molecule has 260 valence electrons. The Labute approximate surface area is 307 Å². The summed E-state index contributed by atoms with van der Waals surface area (Å²) in [6, 6.07) is 45.7. The second-order valence-corrected chi connectivity index (χ2v) is 13.0. The van der Waals surface area contributed by atoms with Crippen molar-refractivity contribution in [3.05, 3.63) is 168 Å². The minimum absolute atomic E-state index is 0.0780. The molecule has 4 aromatic carbocycles. The molecule has 0 radical (unpaired) electrons. The second-order valence-electron chi connectivity index (χ2n) is 13.0. The topological polar surface area (TPSA) is 74.4 Å². The number of nitrogens with one attached hydrogen (secondary N) is 2. The largest absolute Gasteiger partial charge is 0.454 e. The zero-order valence-corrected chi connectivity index (χ0v) is 28.5. The third-order valence-corrected chi connectivity index (χ3v) is 9.61. The number of nitrogens with zero attached hydrogens (tertiary/aromatic N) is 2. The van der Waals surface area contributed by atoms with Crippen molar-refractivity contribution in [1.29, 1.82) is 0 Å². The maximum atomic E-state index is 14.5. The highest BCUT2D eigenvalue weighted by molar-refractivity contribution is 6.30. The Morgan fingerprint density at radius 1 is 0.444 bits per heavy atom. The third kappa shape index (κ3) is 5.84. The van der Waals surface area contributed by atoms with E-state index in [9.17, 15) is 18.0 Å². The zero-order chi connectivity index (χ0) is 36.8. The molecule has 3 aromatic heterocycles. The number of hydrogen-bond donors (Lipinski definition) is 2. The predicted octanol–water partition coefficient (Wildman–Crippen LogP) is 11.8. The van der Waals surface area contributed by atoms with E-state index in [-0.39, 0.29) is 11.4 Å². The zero-order valence-electron chi connectivity index (χ0n) is 28.5. The van der Waals surface area contributed by atoms with Crippen molar-refractivity contribution in [3.8, 4) is 44.5 Å². The van der Waals surface area contributed by atoms with Crippen LogP contribution in [0.3, 0.4) is 0 Å². The van der Waals surface area contributed by atoms with E-state index in [1.54, 1.807) is 24.3 Å². The number of aromatic nitrogens is 4. The molecule has 5 nitrogen and oxygen atoms in total. The third-order valence-electron chi connectivity index (χ3n) is 9.61. The number of carbonyl (C=O) groups excluding carboxylic acids is 1. The van der Waals surface area contributed by atoms with Gasteiger partial charge < -0.3 is 9.97 Å². The van der Waals surface area contributed by atoms with Crippen molar-refractivity contribution >= 4 is 51.7 Å². The first-order chi connectivity index (χ1) is 26.3. The number of allylic oxidation sites excluding steroid dienone is 1. The fourth-order valence-electron chi connectivity index (χ4n) is 7.24. The number of Topliss-reactive ketones (excluding diaryl/α,β-unsaturated/α-hetero) is 1. The molecule has 9 rings (SSSR count). The lowest BCUT2D eigenvalue weighted by Gasteiger charge is -2.10. The van der Waals surface area contributed by atoms with Crippen LogP contribution in [0.2, 0.25) is 0 Å². The van der Waals surface area contributed by atoms with Crippen molar-refractivity contribution in [2.75, 3.05) is 0 Å². The Bertz CT molecular complexity index is 2800. The molecule has 0 saturated heterocycles. The first-order valence-electron chi connectivity index (χ1n) is 17.4. The molecule has 2 aliphatic rings. The van der Waals surface area contributed by atoms with Gasteiger partial charge in [0.05, 0.1) is 28.3 Å². The number of hydrogen-bond acceptors (Lipinski definition) is 3. The predicted molar refractivity (Wildman–Crippen MR) is 211 cm³/mol. The van der Waals surface area contributed by atoms with E-state index in [2.05, 4.69) is 9.97 Å². The number of ketones is 1. The average Bonchev–Trinajstić information content (AvgIpc) is 4.03. The van der Waals surface area contributed by atoms with Gasteiger partial charge in [-0.2, -0.15) is 13.2 Å². The van der Waals surface area contributed by atoms with Crippen molar-refractivity contribution in [2.24, 2.45) is 0 Å². The molecule has 2 aliphatic heterocycles. The normalized spacial score (nSPS) is 12.5. The molecule has 2 N–H and O–H groups in total. The molecule has 7 aromatic rings. The molecule has 8 bridgehead atoms. The number of fused-ring (bicyclic) bond motifs is 8. The van der Waals surface area contributed by atoms with E-state index in [0.29, 0.717) is 44.5 Å². The summed E-state index contributed by atoms with van der Waals surface area (Å²) in [6.45, 7) is 0. The smallest absolute Gasteiger partial charge is 0.354 e. The second kappa shape index (κ2) is 13.2. The van der Waals surface area contributed by atoms with Gasteiger partial charge in [-0.05, 0) is 64.7 Å². The number of alkyl halides is 3. The van der Waals surface area contributed by atoms with Gasteiger partial charge in [0.1, 0.15) is 0 Å². The molecule has 0 amide bonds. The number of H-pyrrole nitrogens is 2. The summed E-state index contributed by atoms with van der Waals surface area (Å²) in [5, 5.41) is 0. The molecular weight excluding hydrogens is 682 g/mol. The number of rotatable bonds is 5. The molecule has 8 heteroatoms. The fraction of sp³-hybridized carbons (Fsp3) is 0.0217. The van der Waals surface area contributed by atoms with Gasteiger partial charge in [0, 0.05) is 44.3 Å². The highest BCUT2D eigenvalue weighted by Crippen LogP contribution is 2.42. The molecule has 54 heavy (non-hydrogen) atoms. The van der Waals surface area contributed by atoms with Crippen molar-refractivity contribution in [2.45, 2.75) is 6.18 Å². The lowest BCUT2D eigenvalue weighted by molar-refractivity contribution is -0.164. The quantitative estimate of drug-likeness (QED) is 0.187. The van der Waals surface area contributed by atoms with E-state index in [0.717, 1.165) is 33.5 Å². The Morgan fingerprint density at radius 3 is 1.19 bits per heavy atom. The van der Waals surface area contributed by atoms with Crippen LogP contribution in [0.25, 0.3) is 90.4 Å². The Balaban J connectivity index is 1.52. The highest BCUT2D eigenvalue weighted by Gasteiger charge is 2.43. The van der Waals surface area contributed by atoms with E-state index in [1.165, 1.54) is 6.08 Å². The van der Waals surface area contributed by atoms with Gasteiger partial charge in [-0.15, -0.1) is 0 Å². The first-order valence-corrected chi connectivity index (χ1v) is 17.4. The standard InChI is InChI=1S/C46H29F3N4O/c47-46(48,49)45(54)32-27-39-42(30-17-9-3-10-18-30)37-24-23-35(51-37)40(28-13-5-1-6-14-28)33-21-22-34(50-33)41(29-15-7-2-8-16-29)36-25-26-38(52-36)43(44(32)53-39)31-19-11-4-12-20-31/h1-27,51-52H. The van der Waals surface area contributed by atoms with Gasteiger partial charge in [0.25, 0.3) is 5.78 Å². The first kappa shape index (κ1) is 32.8. The molecule has 0 fully saturated rings. The van der Waals surface area contributed by atoms with E-state index >= 15 is 0 Å². The molecule has 0 saturated carbocycles. The van der Waals surface area contributed by atoms with Gasteiger partial charge in [0.2, 0.25) is 0 Å². The molecule has 0 aliphatic carbocycles. The lowest BCUT2D eigenvalue weighted by Crippen LogP contribution is -2.23. The molecule has 0 atom stereocenters. The van der Waals surface area contributed by atoms with Crippen molar-refractivity contribution < 1.29 is 18.0 Å². The van der Waals surface area contributed by atoms with Crippen LogP contribution in [0.1, 0.15) is 22.8 Å². The van der Waals surface area contributed by atoms with Gasteiger partial charge in [0.15, 0.2) is 0 Å². The van der Waals surface area contributed by atoms with Crippen LogP contribution in [0.4, 0.5) is 13.2 Å².